The average molecular weight is 439 g/mol. The number of carbonyl (C=O) groups is 1. The van der Waals surface area contributed by atoms with Gasteiger partial charge in [-0.05, 0) is 61.4 Å². The smallest absolute Gasteiger partial charge is 0.255 e. The normalized spacial score (nSPS) is 14.4. The lowest BCUT2D eigenvalue weighted by molar-refractivity contribution is 0.0789. The van der Waals surface area contributed by atoms with Gasteiger partial charge in [0.25, 0.3) is 5.91 Å². The fourth-order valence-electron chi connectivity index (χ4n) is 3.18. The van der Waals surface area contributed by atoms with Crippen LogP contribution in [0.3, 0.4) is 0 Å². The number of benzene rings is 2. The molecule has 1 saturated heterocycles. The van der Waals surface area contributed by atoms with E-state index in [4.69, 9.17) is 11.6 Å². The van der Waals surface area contributed by atoms with E-state index in [-0.39, 0.29) is 17.3 Å². The van der Waals surface area contributed by atoms with Gasteiger partial charge in [0.05, 0.1) is 10.5 Å². The molecule has 1 N–H and O–H groups in total. The van der Waals surface area contributed by atoms with Gasteiger partial charge in [-0.2, -0.15) is 0 Å². The van der Waals surface area contributed by atoms with Crippen molar-refractivity contribution >= 4 is 39.3 Å². The lowest BCUT2D eigenvalue weighted by atomic mass is 10.2. The van der Waals surface area contributed by atoms with Crippen LogP contribution in [0.1, 0.15) is 28.8 Å². The Balaban J connectivity index is 1.74. The highest BCUT2D eigenvalue weighted by atomic mass is 35.5. The Morgan fingerprint density at radius 3 is 2.46 bits per heavy atom. The quantitative estimate of drug-likeness (QED) is 0.667. The molecule has 3 rings (SSSR count). The number of nitrogens with zero attached hydrogens (tertiary/aromatic N) is 1. The molecule has 8 heteroatoms. The van der Waals surface area contributed by atoms with E-state index in [0.717, 1.165) is 36.4 Å². The fraction of sp³-hybridized carbons (Fsp3) is 0.350. The highest BCUT2D eigenvalue weighted by Crippen LogP contribution is 2.26. The summed E-state index contributed by atoms with van der Waals surface area (Å²) in [6.45, 7) is 1.72. The van der Waals surface area contributed by atoms with E-state index >= 15 is 0 Å². The van der Waals surface area contributed by atoms with Crippen LogP contribution in [0.15, 0.2) is 52.3 Å². The van der Waals surface area contributed by atoms with E-state index < -0.39 is 10.0 Å². The van der Waals surface area contributed by atoms with Crippen molar-refractivity contribution in [3.05, 3.63) is 58.6 Å². The van der Waals surface area contributed by atoms with Crippen molar-refractivity contribution in [1.29, 1.82) is 0 Å². The molecule has 1 aliphatic rings. The number of rotatable bonds is 7. The zero-order chi connectivity index (χ0) is 20.1. The molecule has 2 aromatic rings. The van der Waals surface area contributed by atoms with Crippen molar-refractivity contribution < 1.29 is 13.2 Å². The lowest BCUT2D eigenvalue weighted by Gasteiger charge is -2.18. The minimum atomic E-state index is -3.70. The van der Waals surface area contributed by atoms with Gasteiger partial charge in [-0.3, -0.25) is 4.79 Å². The second-order valence-corrected chi connectivity index (χ2v) is 9.69. The molecular weight excluding hydrogens is 416 g/mol. The maximum absolute atomic E-state index is 12.8. The van der Waals surface area contributed by atoms with Gasteiger partial charge in [-0.15, -0.1) is 11.8 Å². The molecule has 2 aromatic carbocycles. The van der Waals surface area contributed by atoms with Crippen LogP contribution in [-0.4, -0.2) is 45.1 Å². The number of likely N-dealkylation sites (tertiary alicyclic amines) is 1. The second-order valence-electron chi connectivity index (χ2n) is 6.64. The van der Waals surface area contributed by atoms with Gasteiger partial charge >= 0.3 is 0 Å². The van der Waals surface area contributed by atoms with E-state index in [9.17, 15) is 13.2 Å². The highest BCUT2D eigenvalue weighted by molar-refractivity contribution is 7.98. The molecule has 5 nitrogen and oxygen atoms in total. The van der Waals surface area contributed by atoms with Crippen molar-refractivity contribution in [3.8, 4) is 0 Å². The summed E-state index contributed by atoms with van der Waals surface area (Å²) in [4.78, 5) is 15.5. The van der Waals surface area contributed by atoms with E-state index in [0.29, 0.717) is 17.0 Å². The number of nitrogens with one attached hydrogen (secondary N) is 1. The van der Waals surface area contributed by atoms with Gasteiger partial charge in [-0.1, -0.05) is 23.7 Å². The molecule has 0 atom stereocenters. The summed E-state index contributed by atoms with van der Waals surface area (Å²) < 4.78 is 28.0. The zero-order valence-corrected chi connectivity index (χ0v) is 18.0. The Morgan fingerprint density at radius 1 is 1.14 bits per heavy atom. The predicted molar refractivity (Wildman–Crippen MR) is 114 cm³/mol. The van der Waals surface area contributed by atoms with Crippen LogP contribution in [0.2, 0.25) is 5.02 Å². The Labute approximate surface area is 175 Å². The van der Waals surface area contributed by atoms with Crippen LogP contribution >= 0.6 is 23.4 Å². The molecule has 0 unspecified atom stereocenters. The second kappa shape index (κ2) is 9.31. The number of halogens is 1. The molecule has 0 saturated carbocycles. The summed E-state index contributed by atoms with van der Waals surface area (Å²) >= 11 is 7.31. The average Bonchev–Trinajstić information content (AvgIpc) is 3.23. The van der Waals surface area contributed by atoms with Crippen molar-refractivity contribution in [2.75, 3.05) is 25.9 Å². The van der Waals surface area contributed by atoms with E-state index in [2.05, 4.69) is 4.72 Å². The Morgan fingerprint density at radius 2 is 1.82 bits per heavy atom. The van der Waals surface area contributed by atoms with Gasteiger partial charge in [0, 0.05) is 29.6 Å². The third-order valence-corrected chi connectivity index (χ3v) is 7.23. The number of amides is 1. The first-order valence-corrected chi connectivity index (χ1v) is 12.2. The molecule has 0 spiro atoms. The first kappa shape index (κ1) is 21.2. The van der Waals surface area contributed by atoms with Crippen LogP contribution in [-0.2, 0) is 16.4 Å². The van der Waals surface area contributed by atoms with Gasteiger partial charge < -0.3 is 4.90 Å². The minimum absolute atomic E-state index is 0.0972. The van der Waals surface area contributed by atoms with Crippen LogP contribution in [0.25, 0.3) is 0 Å². The van der Waals surface area contributed by atoms with Gasteiger partial charge in [-0.25, -0.2) is 13.1 Å². The molecule has 0 bridgehead atoms. The molecule has 1 aliphatic heterocycles. The molecule has 1 amide bonds. The van der Waals surface area contributed by atoms with Crippen molar-refractivity contribution in [1.82, 2.24) is 9.62 Å². The standard InChI is InChI=1S/C20H23ClN2O3S2/c1-27-19-9-8-17(14-18(19)20(24)23-12-2-3-13-23)28(25,26)22-11-10-15-4-6-16(21)7-5-15/h4-9,14,22H,2-3,10-13H2,1H3. The Hall–Kier alpha value is -1.54. The van der Waals surface area contributed by atoms with Crippen molar-refractivity contribution in [2.45, 2.75) is 29.1 Å². The number of hydrogen-bond donors (Lipinski definition) is 1. The third-order valence-electron chi connectivity index (χ3n) is 4.72. The van der Waals surface area contributed by atoms with Gasteiger partial charge in [0.15, 0.2) is 0 Å². The topological polar surface area (TPSA) is 66.5 Å². The lowest BCUT2D eigenvalue weighted by Crippen LogP contribution is -2.29. The third kappa shape index (κ3) is 5.08. The van der Waals surface area contributed by atoms with E-state index in [1.807, 2.05) is 18.4 Å². The summed E-state index contributed by atoms with van der Waals surface area (Å²) in [6, 6.07) is 12.1. The number of sulfonamides is 1. The molecule has 0 radical (unpaired) electrons. The largest absolute Gasteiger partial charge is 0.339 e. The Bertz CT molecular complexity index is 940. The first-order chi connectivity index (χ1) is 13.4. The zero-order valence-electron chi connectivity index (χ0n) is 15.7. The van der Waals surface area contributed by atoms with Gasteiger partial charge in [0.1, 0.15) is 0 Å². The molecule has 1 fully saturated rings. The summed E-state index contributed by atoms with van der Waals surface area (Å²) in [6.07, 6.45) is 4.42. The highest BCUT2D eigenvalue weighted by Gasteiger charge is 2.24. The maximum Gasteiger partial charge on any atom is 0.255 e. The minimum Gasteiger partial charge on any atom is -0.339 e. The first-order valence-electron chi connectivity index (χ1n) is 9.12. The molecule has 28 heavy (non-hydrogen) atoms. The number of hydrogen-bond acceptors (Lipinski definition) is 4. The molecular formula is C20H23ClN2O3S2. The number of thioether (sulfide) groups is 1. The summed E-state index contributed by atoms with van der Waals surface area (Å²) in [5.41, 5.74) is 1.45. The summed E-state index contributed by atoms with van der Waals surface area (Å²) in [5.74, 6) is -0.0972. The molecule has 0 aromatic heterocycles. The molecule has 1 heterocycles. The summed E-state index contributed by atoms with van der Waals surface area (Å²) in [7, 11) is -3.70. The van der Waals surface area contributed by atoms with E-state index in [1.54, 1.807) is 29.2 Å². The fourth-order valence-corrected chi connectivity index (χ4v) is 4.93. The monoisotopic (exact) mass is 438 g/mol. The predicted octanol–water partition coefficient (Wildman–Crippen LogP) is 3.82. The van der Waals surface area contributed by atoms with Crippen LogP contribution in [0.4, 0.5) is 0 Å². The van der Waals surface area contributed by atoms with Crippen LogP contribution in [0, 0.1) is 0 Å². The van der Waals surface area contributed by atoms with Crippen LogP contribution in [0.5, 0.6) is 0 Å². The van der Waals surface area contributed by atoms with Crippen LogP contribution < -0.4 is 4.72 Å². The Kier molecular flexibility index (Phi) is 7.04. The van der Waals surface area contributed by atoms with Crippen molar-refractivity contribution in [3.63, 3.8) is 0 Å². The summed E-state index contributed by atoms with van der Waals surface area (Å²) in [5, 5.41) is 0.647. The van der Waals surface area contributed by atoms with E-state index in [1.165, 1.54) is 17.8 Å². The molecule has 150 valence electrons. The molecule has 0 aliphatic carbocycles. The maximum atomic E-state index is 12.8. The van der Waals surface area contributed by atoms with Gasteiger partial charge in [0.2, 0.25) is 10.0 Å². The SMILES string of the molecule is CSc1ccc(S(=O)(=O)NCCc2ccc(Cl)cc2)cc1C(=O)N1CCCC1. The van der Waals surface area contributed by atoms with Crippen molar-refractivity contribution in [2.24, 2.45) is 0 Å². The number of carbonyl (C=O) groups excluding carboxylic acids is 1.